The zero-order chi connectivity index (χ0) is 13.5. The molecule has 4 saturated carbocycles. The minimum atomic E-state index is -0.173. The molecule has 2 amide bonds. The summed E-state index contributed by atoms with van der Waals surface area (Å²) in [6.07, 6.45) is 6.52. The van der Waals surface area contributed by atoms with E-state index in [9.17, 15) is 4.79 Å². The Hall–Kier alpha value is -0.810. The Balaban J connectivity index is 1.59. The van der Waals surface area contributed by atoms with Gasteiger partial charge in [0.2, 0.25) is 0 Å². The molecule has 4 bridgehead atoms. The Morgan fingerprint density at radius 2 is 1.63 bits per heavy atom. The molecule has 108 valence electrons. The molecule has 4 aliphatic carbocycles. The van der Waals surface area contributed by atoms with Gasteiger partial charge in [0.05, 0.1) is 0 Å². The lowest BCUT2D eigenvalue weighted by atomic mass is 9.49. The summed E-state index contributed by atoms with van der Waals surface area (Å²) in [6.45, 7) is 1.59. The molecule has 4 fully saturated rings. The predicted molar refractivity (Wildman–Crippen MR) is 74.4 cm³/mol. The largest absolute Gasteiger partial charge is 0.337 e. The standard InChI is InChI=1S/C14H26N4O/c15-1-2-17-13(19)18-8-14(16)11-4-9-3-10(6-11)7-12(14)5-9/h9-12H,1-8,15-16H2,(H2,17,18,19). The maximum absolute atomic E-state index is 11.6. The van der Waals surface area contributed by atoms with Crippen molar-refractivity contribution in [2.45, 2.75) is 37.6 Å². The molecule has 0 aromatic heterocycles. The van der Waals surface area contributed by atoms with Gasteiger partial charge in [0.25, 0.3) is 0 Å². The van der Waals surface area contributed by atoms with Crippen LogP contribution in [0.4, 0.5) is 4.79 Å². The summed E-state index contributed by atoms with van der Waals surface area (Å²) in [5, 5.41) is 5.70. The van der Waals surface area contributed by atoms with E-state index in [2.05, 4.69) is 10.6 Å². The highest BCUT2D eigenvalue weighted by molar-refractivity contribution is 5.73. The van der Waals surface area contributed by atoms with Crippen LogP contribution >= 0.6 is 0 Å². The second kappa shape index (κ2) is 4.94. The number of nitrogens with two attached hydrogens (primary N) is 2. The number of urea groups is 1. The molecule has 0 spiro atoms. The van der Waals surface area contributed by atoms with Crippen molar-refractivity contribution in [3.8, 4) is 0 Å². The molecular formula is C14H26N4O. The quantitative estimate of drug-likeness (QED) is 0.593. The normalized spacial score (nSPS) is 43.3. The number of hydrogen-bond acceptors (Lipinski definition) is 3. The van der Waals surface area contributed by atoms with Gasteiger partial charge < -0.3 is 22.1 Å². The van der Waals surface area contributed by atoms with Crippen LogP contribution in [0, 0.1) is 23.7 Å². The van der Waals surface area contributed by atoms with E-state index in [1.54, 1.807) is 0 Å². The minimum Gasteiger partial charge on any atom is -0.337 e. The highest BCUT2D eigenvalue weighted by Gasteiger charge is 2.55. The molecule has 0 heterocycles. The minimum absolute atomic E-state index is 0.135. The van der Waals surface area contributed by atoms with Crippen LogP contribution in [0.25, 0.3) is 0 Å². The van der Waals surface area contributed by atoms with Gasteiger partial charge in [0.1, 0.15) is 0 Å². The number of amides is 2. The summed E-state index contributed by atoms with van der Waals surface area (Å²) in [5.41, 5.74) is 11.9. The van der Waals surface area contributed by atoms with Crippen molar-refractivity contribution in [3.63, 3.8) is 0 Å². The van der Waals surface area contributed by atoms with Gasteiger partial charge in [-0.2, -0.15) is 0 Å². The predicted octanol–water partition coefficient (Wildman–Crippen LogP) is 0.398. The molecule has 0 saturated heterocycles. The fraction of sp³-hybridized carbons (Fsp3) is 0.929. The Morgan fingerprint density at radius 1 is 1.05 bits per heavy atom. The summed E-state index contributed by atoms with van der Waals surface area (Å²) in [6, 6.07) is -0.135. The lowest BCUT2D eigenvalue weighted by Crippen LogP contribution is -2.67. The maximum Gasteiger partial charge on any atom is 0.314 e. The van der Waals surface area contributed by atoms with Crippen molar-refractivity contribution in [3.05, 3.63) is 0 Å². The topological polar surface area (TPSA) is 93.2 Å². The molecule has 0 atom stereocenters. The summed E-state index contributed by atoms with van der Waals surface area (Å²) in [4.78, 5) is 11.6. The molecule has 0 unspecified atom stereocenters. The van der Waals surface area contributed by atoms with E-state index in [1.807, 2.05) is 0 Å². The van der Waals surface area contributed by atoms with Crippen LogP contribution in [-0.4, -0.2) is 31.2 Å². The van der Waals surface area contributed by atoms with E-state index in [4.69, 9.17) is 11.5 Å². The molecular weight excluding hydrogens is 240 g/mol. The third-order valence-corrected chi connectivity index (χ3v) is 5.64. The maximum atomic E-state index is 11.6. The first-order valence-corrected chi connectivity index (χ1v) is 7.62. The van der Waals surface area contributed by atoms with Crippen molar-refractivity contribution in [2.24, 2.45) is 35.1 Å². The number of hydrogen-bond donors (Lipinski definition) is 4. The zero-order valence-electron chi connectivity index (χ0n) is 11.5. The van der Waals surface area contributed by atoms with Gasteiger partial charge in [0.15, 0.2) is 0 Å². The van der Waals surface area contributed by atoms with Crippen LogP contribution in [0.5, 0.6) is 0 Å². The second-order valence-electron chi connectivity index (χ2n) is 6.81. The van der Waals surface area contributed by atoms with E-state index >= 15 is 0 Å². The third-order valence-electron chi connectivity index (χ3n) is 5.64. The van der Waals surface area contributed by atoms with Crippen molar-refractivity contribution in [2.75, 3.05) is 19.6 Å². The van der Waals surface area contributed by atoms with E-state index in [-0.39, 0.29) is 11.6 Å². The Morgan fingerprint density at radius 3 is 2.16 bits per heavy atom. The molecule has 5 nitrogen and oxygen atoms in total. The smallest absolute Gasteiger partial charge is 0.314 e. The molecule has 0 aromatic rings. The van der Waals surface area contributed by atoms with Crippen molar-refractivity contribution < 1.29 is 4.79 Å². The first-order chi connectivity index (χ1) is 9.11. The summed E-state index contributed by atoms with van der Waals surface area (Å²) in [7, 11) is 0. The van der Waals surface area contributed by atoms with Crippen molar-refractivity contribution in [1.82, 2.24) is 10.6 Å². The lowest BCUT2D eigenvalue weighted by Gasteiger charge is -2.59. The Labute approximate surface area is 114 Å². The molecule has 6 N–H and O–H groups in total. The van der Waals surface area contributed by atoms with E-state index in [0.29, 0.717) is 31.5 Å². The summed E-state index contributed by atoms with van der Waals surface area (Å²) in [5.74, 6) is 3.03. The number of rotatable bonds is 4. The summed E-state index contributed by atoms with van der Waals surface area (Å²) >= 11 is 0. The summed E-state index contributed by atoms with van der Waals surface area (Å²) < 4.78 is 0. The zero-order valence-corrected chi connectivity index (χ0v) is 11.5. The van der Waals surface area contributed by atoms with Crippen LogP contribution < -0.4 is 22.1 Å². The number of nitrogens with one attached hydrogen (secondary N) is 2. The molecule has 4 aliphatic rings. The lowest BCUT2D eigenvalue weighted by molar-refractivity contribution is -0.0529. The van der Waals surface area contributed by atoms with Crippen molar-refractivity contribution in [1.29, 1.82) is 0 Å². The first-order valence-electron chi connectivity index (χ1n) is 7.62. The van der Waals surface area contributed by atoms with Gasteiger partial charge in [-0.15, -0.1) is 0 Å². The monoisotopic (exact) mass is 266 g/mol. The average molecular weight is 266 g/mol. The molecule has 0 radical (unpaired) electrons. The molecule has 4 rings (SSSR count). The fourth-order valence-corrected chi connectivity index (χ4v) is 4.83. The average Bonchev–Trinajstić information content (AvgIpc) is 2.39. The van der Waals surface area contributed by atoms with E-state index in [1.165, 1.54) is 32.1 Å². The van der Waals surface area contributed by atoms with Gasteiger partial charge in [-0.25, -0.2) is 4.79 Å². The first kappa shape index (κ1) is 13.2. The highest BCUT2D eigenvalue weighted by atomic mass is 16.2. The third kappa shape index (κ3) is 2.34. The van der Waals surface area contributed by atoms with Crippen LogP contribution in [0.3, 0.4) is 0 Å². The van der Waals surface area contributed by atoms with E-state index < -0.39 is 0 Å². The molecule has 0 aromatic carbocycles. The van der Waals surface area contributed by atoms with Crippen LogP contribution in [0.1, 0.15) is 32.1 Å². The molecule has 0 aliphatic heterocycles. The van der Waals surface area contributed by atoms with Gasteiger partial charge in [-0.3, -0.25) is 0 Å². The van der Waals surface area contributed by atoms with Crippen LogP contribution in [0.2, 0.25) is 0 Å². The second-order valence-corrected chi connectivity index (χ2v) is 6.81. The molecule has 5 heteroatoms. The fourth-order valence-electron chi connectivity index (χ4n) is 4.83. The van der Waals surface area contributed by atoms with Crippen LogP contribution in [-0.2, 0) is 0 Å². The van der Waals surface area contributed by atoms with Crippen molar-refractivity contribution >= 4 is 6.03 Å². The Kier molecular flexibility index (Phi) is 3.43. The van der Waals surface area contributed by atoms with Gasteiger partial charge in [-0.05, 0) is 55.8 Å². The molecule has 19 heavy (non-hydrogen) atoms. The van der Waals surface area contributed by atoms with Gasteiger partial charge >= 0.3 is 6.03 Å². The Bertz CT molecular complexity index is 329. The highest BCUT2D eigenvalue weighted by Crippen LogP contribution is 2.57. The van der Waals surface area contributed by atoms with Gasteiger partial charge in [0, 0.05) is 25.2 Å². The van der Waals surface area contributed by atoms with Gasteiger partial charge in [-0.1, -0.05) is 0 Å². The number of carbonyl (C=O) groups excluding carboxylic acids is 1. The SMILES string of the molecule is NCCNC(=O)NCC1(N)C2CC3CC(C2)CC1C3. The van der Waals surface area contributed by atoms with Crippen LogP contribution in [0.15, 0.2) is 0 Å². The van der Waals surface area contributed by atoms with E-state index in [0.717, 1.165) is 11.8 Å². The number of carbonyl (C=O) groups is 1.